The SMILES string of the molecule is CCc1nc2c(c(=O)n1Cc1cc(-c3ccc(C#N)c(O)c3)on1)CCCC2. The van der Waals surface area contributed by atoms with E-state index in [1.807, 2.05) is 13.0 Å². The molecule has 0 radical (unpaired) electrons. The molecule has 1 aliphatic carbocycles. The van der Waals surface area contributed by atoms with E-state index in [0.29, 0.717) is 23.4 Å². The van der Waals surface area contributed by atoms with Crippen LogP contribution in [0.4, 0.5) is 0 Å². The van der Waals surface area contributed by atoms with E-state index in [0.717, 1.165) is 42.8 Å². The molecule has 0 fully saturated rings. The molecule has 2 aromatic heterocycles. The van der Waals surface area contributed by atoms with E-state index in [1.165, 1.54) is 12.1 Å². The molecule has 4 rings (SSSR count). The van der Waals surface area contributed by atoms with Crippen LogP contribution in [0.2, 0.25) is 0 Å². The Labute approximate surface area is 161 Å². The molecule has 7 heteroatoms. The number of rotatable bonds is 4. The molecule has 0 spiro atoms. The van der Waals surface area contributed by atoms with Gasteiger partial charge < -0.3 is 9.63 Å². The van der Waals surface area contributed by atoms with Gasteiger partial charge >= 0.3 is 0 Å². The van der Waals surface area contributed by atoms with Crippen LogP contribution in [0.3, 0.4) is 0 Å². The highest BCUT2D eigenvalue weighted by Crippen LogP contribution is 2.27. The second kappa shape index (κ2) is 7.31. The summed E-state index contributed by atoms with van der Waals surface area (Å²) in [5.74, 6) is 1.11. The van der Waals surface area contributed by atoms with Crippen molar-refractivity contribution in [1.29, 1.82) is 5.26 Å². The largest absolute Gasteiger partial charge is 0.507 e. The van der Waals surface area contributed by atoms with Gasteiger partial charge in [0.05, 0.1) is 17.8 Å². The lowest BCUT2D eigenvalue weighted by Crippen LogP contribution is -2.32. The minimum atomic E-state index is -0.110. The van der Waals surface area contributed by atoms with E-state index in [2.05, 4.69) is 5.16 Å². The zero-order valence-electron chi connectivity index (χ0n) is 15.6. The molecule has 142 valence electrons. The lowest BCUT2D eigenvalue weighted by atomic mass is 9.97. The number of fused-ring (bicyclic) bond motifs is 1. The van der Waals surface area contributed by atoms with Crippen molar-refractivity contribution in [1.82, 2.24) is 14.7 Å². The van der Waals surface area contributed by atoms with Gasteiger partial charge in [0.2, 0.25) is 0 Å². The zero-order valence-corrected chi connectivity index (χ0v) is 15.6. The van der Waals surface area contributed by atoms with Crippen LogP contribution in [0.5, 0.6) is 5.75 Å². The number of nitriles is 1. The fraction of sp³-hybridized carbons (Fsp3) is 0.333. The number of phenolic OH excluding ortho intramolecular Hbond substituents is 1. The molecular weight excluding hydrogens is 356 g/mol. The van der Waals surface area contributed by atoms with Gasteiger partial charge in [-0.25, -0.2) is 4.98 Å². The number of phenols is 1. The molecule has 28 heavy (non-hydrogen) atoms. The van der Waals surface area contributed by atoms with Gasteiger partial charge in [0.25, 0.3) is 5.56 Å². The summed E-state index contributed by atoms with van der Waals surface area (Å²) in [5, 5.41) is 22.9. The summed E-state index contributed by atoms with van der Waals surface area (Å²) >= 11 is 0. The van der Waals surface area contributed by atoms with E-state index in [-0.39, 0.29) is 23.4 Å². The van der Waals surface area contributed by atoms with Gasteiger partial charge in [-0.1, -0.05) is 12.1 Å². The van der Waals surface area contributed by atoms with Gasteiger partial charge in [-0.15, -0.1) is 0 Å². The molecule has 7 nitrogen and oxygen atoms in total. The highest BCUT2D eigenvalue weighted by molar-refractivity contribution is 5.62. The average molecular weight is 376 g/mol. The fourth-order valence-corrected chi connectivity index (χ4v) is 3.64. The fourth-order valence-electron chi connectivity index (χ4n) is 3.64. The molecular formula is C21H20N4O3. The van der Waals surface area contributed by atoms with Gasteiger partial charge in [0.15, 0.2) is 5.76 Å². The van der Waals surface area contributed by atoms with E-state index in [9.17, 15) is 9.90 Å². The summed E-state index contributed by atoms with van der Waals surface area (Å²) in [6.45, 7) is 2.27. The Morgan fingerprint density at radius 2 is 2.11 bits per heavy atom. The number of aryl methyl sites for hydroxylation is 2. The van der Waals surface area contributed by atoms with Gasteiger partial charge in [0.1, 0.15) is 23.3 Å². The summed E-state index contributed by atoms with van der Waals surface area (Å²) < 4.78 is 7.08. The first-order chi connectivity index (χ1) is 13.6. The Kier molecular flexibility index (Phi) is 4.70. The van der Waals surface area contributed by atoms with Crippen molar-refractivity contribution in [2.75, 3.05) is 0 Å². The Balaban J connectivity index is 1.67. The second-order valence-corrected chi connectivity index (χ2v) is 6.93. The van der Waals surface area contributed by atoms with Crippen molar-refractivity contribution < 1.29 is 9.63 Å². The van der Waals surface area contributed by atoms with E-state index < -0.39 is 0 Å². The predicted octanol–water partition coefficient (Wildman–Crippen LogP) is 2.97. The number of hydrogen-bond donors (Lipinski definition) is 1. The first kappa shape index (κ1) is 18.0. The molecule has 1 N–H and O–H groups in total. The molecule has 0 aliphatic heterocycles. The summed E-state index contributed by atoms with van der Waals surface area (Å²) in [5.41, 5.74) is 3.20. The van der Waals surface area contributed by atoms with Crippen LogP contribution in [0.1, 0.15) is 48.1 Å². The van der Waals surface area contributed by atoms with Gasteiger partial charge in [-0.2, -0.15) is 5.26 Å². The molecule has 3 aromatic rings. The van der Waals surface area contributed by atoms with Crippen molar-refractivity contribution in [3.05, 3.63) is 63.0 Å². The molecule has 0 amide bonds. The number of benzene rings is 1. The number of nitrogens with zero attached hydrogens (tertiary/aromatic N) is 4. The highest BCUT2D eigenvalue weighted by Gasteiger charge is 2.20. The van der Waals surface area contributed by atoms with Crippen LogP contribution >= 0.6 is 0 Å². The molecule has 1 aromatic carbocycles. The van der Waals surface area contributed by atoms with Crippen molar-refractivity contribution in [2.45, 2.75) is 45.6 Å². The third-order valence-corrected chi connectivity index (χ3v) is 5.12. The first-order valence-corrected chi connectivity index (χ1v) is 9.41. The number of aromatic hydroxyl groups is 1. The number of hydrogen-bond acceptors (Lipinski definition) is 6. The van der Waals surface area contributed by atoms with E-state index in [1.54, 1.807) is 16.7 Å². The van der Waals surface area contributed by atoms with Crippen LogP contribution in [-0.2, 0) is 25.8 Å². The monoisotopic (exact) mass is 376 g/mol. The van der Waals surface area contributed by atoms with E-state index >= 15 is 0 Å². The molecule has 0 bridgehead atoms. The maximum atomic E-state index is 13.0. The minimum Gasteiger partial charge on any atom is -0.507 e. The predicted molar refractivity (Wildman–Crippen MR) is 102 cm³/mol. The highest BCUT2D eigenvalue weighted by atomic mass is 16.5. The van der Waals surface area contributed by atoms with E-state index in [4.69, 9.17) is 14.8 Å². The zero-order chi connectivity index (χ0) is 19.7. The van der Waals surface area contributed by atoms with Gasteiger partial charge in [-0.05, 0) is 43.9 Å². The minimum absolute atomic E-state index is 0.0158. The molecule has 0 saturated heterocycles. The third-order valence-electron chi connectivity index (χ3n) is 5.12. The van der Waals surface area contributed by atoms with Crippen molar-refractivity contribution in [2.24, 2.45) is 0 Å². The third kappa shape index (κ3) is 3.18. The normalized spacial score (nSPS) is 13.1. The molecule has 0 atom stereocenters. The average Bonchev–Trinajstić information content (AvgIpc) is 3.18. The number of aromatic nitrogens is 3. The van der Waals surface area contributed by atoms with Gasteiger partial charge in [0, 0.05) is 23.6 Å². The summed E-state index contributed by atoms with van der Waals surface area (Å²) in [6, 6.07) is 8.34. The molecule has 0 saturated carbocycles. The van der Waals surface area contributed by atoms with Crippen molar-refractivity contribution in [3.8, 4) is 23.1 Å². The maximum Gasteiger partial charge on any atom is 0.257 e. The smallest absolute Gasteiger partial charge is 0.257 e. The topological polar surface area (TPSA) is 105 Å². The Bertz CT molecular complexity index is 1140. The summed E-state index contributed by atoms with van der Waals surface area (Å²) in [6.07, 6.45) is 4.41. The standard InChI is InChI=1S/C21H20N4O3/c1-2-20-23-17-6-4-3-5-16(17)21(27)25(20)12-15-10-19(28-24-15)13-7-8-14(11-22)18(26)9-13/h7-10,26H,2-6,12H2,1H3. The van der Waals surface area contributed by atoms with Crippen LogP contribution in [0.15, 0.2) is 33.6 Å². The van der Waals surface area contributed by atoms with Crippen molar-refractivity contribution >= 4 is 0 Å². The maximum absolute atomic E-state index is 13.0. The quantitative estimate of drug-likeness (QED) is 0.750. The van der Waals surface area contributed by atoms with Crippen LogP contribution < -0.4 is 5.56 Å². The Hall–Kier alpha value is -3.40. The lowest BCUT2D eigenvalue weighted by molar-refractivity contribution is 0.419. The second-order valence-electron chi connectivity index (χ2n) is 6.93. The van der Waals surface area contributed by atoms with Crippen LogP contribution in [-0.4, -0.2) is 19.8 Å². The summed E-state index contributed by atoms with van der Waals surface area (Å²) in [7, 11) is 0. The molecule has 1 aliphatic rings. The molecule has 0 unspecified atom stereocenters. The Morgan fingerprint density at radius 1 is 1.29 bits per heavy atom. The summed E-state index contributed by atoms with van der Waals surface area (Å²) in [4.78, 5) is 17.7. The molecule has 2 heterocycles. The first-order valence-electron chi connectivity index (χ1n) is 9.41. The van der Waals surface area contributed by atoms with Crippen LogP contribution in [0, 0.1) is 11.3 Å². The van der Waals surface area contributed by atoms with Gasteiger partial charge in [-0.3, -0.25) is 9.36 Å². The lowest BCUT2D eigenvalue weighted by Gasteiger charge is -2.18. The van der Waals surface area contributed by atoms with Crippen LogP contribution in [0.25, 0.3) is 11.3 Å². The Morgan fingerprint density at radius 3 is 2.86 bits per heavy atom. The van der Waals surface area contributed by atoms with Crippen molar-refractivity contribution in [3.63, 3.8) is 0 Å².